The standard InChI is InChI=1S/C16H19N3OS/c1-3-17-15(20)10(2)21-16-12-6-4-5-7-13(12)18-14(19-16)11-8-9-11/h4-7,10-11H,3,8-9H2,1-2H3,(H,17,20)/t10-/m1/s1. The molecule has 4 nitrogen and oxygen atoms in total. The SMILES string of the molecule is CCNC(=O)[C@@H](C)Sc1nc(C2CC2)nc2ccccc12. The average Bonchev–Trinajstić information content (AvgIpc) is 3.32. The van der Waals surface area contributed by atoms with Gasteiger partial charge < -0.3 is 5.32 Å². The second-order valence-corrected chi connectivity index (χ2v) is 6.66. The number of carbonyl (C=O) groups is 1. The Hall–Kier alpha value is -1.62. The zero-order chi connectivity index (χ0) is 14.8. The summed E-state index contributed by atoms with van der Waals surface area (Å²) in [6.45, 7) is 4.51. The Labute approximate surface area is 128 Å². The van der Waals surface area contributed by atoms with E-state index < -0.39 is 0 Å². The van der Waals surface area contributed by atoms with Crippen LogP contribution in [0, 0.1) is 0 Å². The summed E-state index contributed by atoms with van der Waals surface area (Å²) < 4.78 is 0. The first-order valence-electron chi connectivity index (χ1n) is 7.40. The minimum atomic E-state index is -0.157. The van der Waals surface area contributed by atoms with Crippen molar-refractivity contribution >= 4 is 28.6 Å². The molecule has 1 amide bonds. The Bertz CT molecular complexity index is 670. The summed E-state index contributed by atoms with van der Waals surface area (Å²) in [7, 11) is 0. The van der Waals surface area contributed by atoms with Gasteiger partial charge in [-0.1, -0.05) is 30.0 Å². The first-order chi connectivity index (χ1) is 10.2. The predicted octanol–water partition coefficient (Wildman–Crippen LogP) is 3.12. The quantitative estimate of drug-likeness (QED) is 0.681. The number of aromatic nitrogens is 2. The lowest BCUT2D eigenvalue weighted by Crippen LogP contribution is -2.30. The molecular formula is C16H19N3OS. The van der Waals surface area contributed by atoms with Crippen LogP contribution < -0.4 is 5.32 Å². The molecule has 1 aromatic carbocycles. The maximum absolute atomic E-state index is 11.9. The molecule has 1 aliphatic rings. The van der Waals surface area contributed by atoms with Crippen LogP contribution in [0.1, 0.15) is 38.4 Å². The molecule has 0 saturated heterocycles. The second kappa shape index (κ2) is 6.02. The molecule has 3 rings (SSSR count). The molecule has 1 aromatic heterocycles. The predicted molar refractivity (Wildman–Crippen MR) is 85.5 cm³/mol. The summed E-state index contributed by atoms with van der Waals surface area (Å²) in [6, 6.07) is 8.03. The number of hydrogen-bond donors (Lipinski definition) is 1. The van der Waals surface area contributed by atoms with E-state index in [1.54, 1.807) is 0 Å². The maximum atomic E-state index is 11.9. The number of fused-ring (bicyclic) bond motifs is 1. The molecule has 2 aromatic rings. The Morgan fingerprint density at radius 1 is 1.38 bits per heavy atom. The van der Waals surface area contributed by atoms with E-state index in [9.17, 15) is 4.79 Å². The first-order valence-corrected chi connectivity index (χ1v) is 8.28. The average molecular weight is 301 g/mol. The molecule has 1 atom stereocenters. The van der Waals surface area contributed by atoms with E-state index >= 15 is 0 Å². The van der Waals surface area contributed by atoms with Gasteiger partial charge in [0.1, 0.15) is 10.9 Å². The highest BCUT2D eigenvalue weighted by Crippen LogP contribution is 2.40. The topological polar surface area (TPSA) is 54.9 Å². The molecule has 0 aliphatic heterocycles. The molecular weight excluding hydrogens is 282 g/mol. The zero-order valence-electron chi connectivity index (χ0n) is 12.3. The van der Waals surface area contributed by atoms with Crippen molar-refractivity contribution < 1.29 is 4.79 Å². The third kappa shape index (κ3) is 3.18. The van der Waals surface area contributed by atoms with Crippen LogP contribution in [-0.4, -0.2) is 27.7 Å². The van der Waals surface area contributed by atoms with Crippen molar-refractivity contribution in [3.8, 4) is 0 Å². The number of nitrogens with zero attached hydrogens (tertiary/aromatic N) is 2. The van der Waals surface area contributed by atoms with E-state index in [0.717, 1.165) is 21.8 Å². The van der Waals surface area contributed by atoms with Gasteiger partial charge >= 0.3 is 0 Å². The molecule has 0 unspecified atom stereocenters. The fourth-order valence-corrected chi connectivity index (χ4v) is 3.19. The van der Waals surface area contributed by atoms with Crippen LogP contribution in [-0.2, 0) is 4.79 Å². The lowest BCUT2D eigenvalue weighted by molar-refractivity contribution is -0.120. The highest BCUT2D eigenvalue weighted by atomic mass is 32.2. The van der Waals surface area contributed by atoms with Gasteiger partial charge in [-0.15, -0.1) is 0 Å². The fourth-order valence-electron chi connectivity index (χ4n) is 2.22. The lowest BCUT2D eigenvalue weighted by atomic mass is 10.2. The molecule has 0 bridgehead atoms. The molecule has 1 fully saturated rings. The van der Waals surface area contributed by atoms with Gasteiger partial charge in [0.15, 0.2) is 0 Å². The molecule has 0 spiro atoms. The van der Waals surface area contributed by atoms with Crippen molar-refractivity contribution in [2.45, 2.75) is 42.9 Å². The highest BCUT2D eigenvalue weighted by Gasteiger charge is 2.28. The van der Waals surface area contributed by atoms with Crippen molar-refractivity contribution in [1.82, 2.24) is 15.3 Å². The highest BCUT2D eigenvalue weighted by molar-refractivity contribution is 8.00. The van der Waals surface area contributed by atoms with Crippen molar-refractivity contribution in [3.05, 3.63) is 30.1 Å². The van der Waals surface area contributed by atoms with E-state index in [1.807, 2.05) is 38.1 Å². The molecule has 1 aliphatic carbocycles. The monoisotopic (exact) mass is 301 g/mol. The van der Waals surface area contributed by atoms with Crippen LogP contribution in [0.5, 0.6) is 0 Å². The number of benzene rings is 1. The lowest BCUT2D eigenvalue weighted by Gasteiger charge is -2.13. The number of nitrogens with one attached hydrogen (secondary N) is 1. The number of amides is 1. The smallest absolute Gasteiger partial charge is 0.233 e. The van der Waals surface area contributed by atoms with Crippen LogP contribution in [0.2, 0.25) is 0 Å². The summed E-state index contributed by atoms with van der Waals surface area (Å²) in [6.07, 6.45) is 2.35. The van der Waals surface area contributed by atoms with Crippen LogP contribution in [0.4, 0.5) is 0 Å². The van der Waals surface area contributed by atoms with E-state index in [2.05, 4.69) is 10.3 Å². The van der Waals surface area contributed by atoms with E-state index in [-0.39, 0.29) is 11.2 Å². The number of hydrogen-bond acceptors (Lipinski definition) is 4. The number of thioether (sulfide) groups is 1. The minimum absolute atomic E-state index is 0.0539. The molecule has 5 heteroatoms. The van der Waals surface area contributed by atoms with Crippen molar-refractivity contribution in [1.29, 1.82) is 0 Å². The summed E-state index contributed by atoms with van der Waals surface area (Å²) in [5.74, 6) is 1.49. The Morgan fingerprint density at radius 3 is 2.86 bits per heavy atom. The Kier molecular flexibility index (Phi) is 4.10. The van der Waals surface area contributed by atoms with Gasteiger partial charge in [-0.2, -0.15) is 0 Å². The van der Waals surface area contributed by atoms with Gasteiger partial charge in [-0.25, -0.2) is 9.97 Å². The van der Waals surface area contributed by atoms with Crippen LogP contribution >= 0.6 is 11.8 Å². The summed E-state index contributed by atoms with van der Waals surface area (Å²) in [5.41, 5.74) is 0.972. The molecule has 1 saturated carbocycles. The largest absolute Gasteiger partial charge is 0.355 e. The van der Waals surface area contributed by atoms with Gasteiger partial charge in [0.25, 0.3) is 0 Å². The molecule has 1 N–H and O–H groups in total. The van der Waals surface area contributed by atoms with Crippen LogP contribution in [0.3, 0.4) is 0 Å². The summed E-state index contributed by atoms with van der Waals surface area (Å²) >= 11 is 1.52. The molecule has 21 heavy (non-hydrogen) atoms. The fraction of sp³-hybridized carbons (Fsp3) is 0.438. The maximum Gasteiger partial charge on any atom is 0.233 e. The van der Waals surface area contributed by atoms with Gasteiger partial charge in [0.05, 0.1) is 10.8 Å². The zero-order valence-corrected chi connectivity index (χ0v) is 13.1. The van der Waals surface area contributed by atoms with Crippen LogP contribution in [0.15, 0.2) is 29.3 Å². The first kappa shape index (κ1) is 14.3. The van der Waals surface area contributed by atoms with Gasteiger partial charge in [0.2, 0.25) is 5.91 Å². The minimum Gasteiger partial charge on any atom is -0.355 e. The Balaban J connectivity index is 1.94. The van der Waals surface area contributed by atoms with Crippen molar-refractivity contribution in [2.24, 2.45) is 0 Å². The normalized spacial score (nSPS) is 15.9. The van der Waals surface area contributed by atoms with E-state index in [1.165, 1.54) is 24.6 Å². The van der Waals surface area contributed by atoms with Crippen LogP contribution in [0.25, 0.3) is 10.9 Å². The number of rotatable bonds is 5. The van der Waals surface area contributed by atoms with Gasteiger partial charge in [-0.3, -0.25) is 4.79 Å². The number of carbonyl (C=O) groups excluding carboxylic acids is 1. The van der Waals surface area contributed by atoms with Gasteiger partial charge in [0, 0.05) is 17.8 Å². The third-order valence-electron chi connectivity index (χ3n) is 3.54. The molecule has 110 valence electrons. The molecule has 0 radical (unpaired) electrons. The van der Waals surface area contributed by atoms with Gasteiger partial charge in [-0.05, 0) is 32.8 Å². The van der Waals surface area contributed by atoms with Crippen molar-refractivity contribution in [2.75, 3.05) is 6.54 Å². The van der Waals surface area contributed by atoms with E-state index in [4.69, 9.17) is 4.98 Å². The number of para-hydroxylation sites is 1. The third-order valence-corrected chi connectivity index (χ3v) is 4.64. The summed E-state index contributed by atoms with van der Waals surface area (Å²) in [5, 5.41) is 4.65. The summed E-state index contributed by atoms with van der Waals surface area (Å²) in [4.78, 5) is 21.3. The van der Waals surface area contributed by atoms with Crippen molar-refractivity contribution in [3.63, 3.8) is 0 Å². The molecule has 1 heterocycles. The van der Waals surface area contributed by atoms with E-state index in [0.29, 0.717) is 12.5 Å². The Morgan fingerprint density at radius 2 is 2.14 bits per heavy atom. The second-order valence-electron chi connectivity index (χ2n) is 5.33.